The van der Waals surface area contributed by atoms with Gasteiger partial charge in [-0.15, -0.1) is 0 Å². The number of piperidine rings is 1. The molecule has 2 aromatic rings. The summed E-state index contributed by atoms with van der Waals surface area (Å²) in [7, 11) is 0. The van der Waals surface area contributed by atoms with Crippen LogP contribution in [0.15, 0.2) is 42.5 Å². The summed E-state index contributed by atoms with van der Waals surface area (Å²) in [6.07, 6.45) is 3.80. The fraction of sp³-hybridized carbons (Fsp3) is 0.440. The van der Waals surface area contributed by atoms with Gasteiger partial charge in [0.25, 0.3) is 0 Å². The van der Waals surface area contributed by atoms with Crippen molar-refractivity contribution < 1.29 is 19.1 Å². The van der Waals surface area contributed by atoms with Crippen molar-refractivity contribution in [2.45, 2.75) is 51.0 Å². The van der Waals surface area contributed by atoms with E-state index < -0.39 is 5.60 Å². The number of hydrogen-bond donors (Lipinski definition) is 0. The molecule has 31 heavy (non-hydrogen) atoms. The Morgan fingerprint density at radius 2 is 1.90 bits per heavy atom. The van der Waals surface area contributed by atoms with Crippen molar-refractivity contribution in [1.29, 1.82) is 0 Å². The first-order valence-electron chi connectivity index (χ1n) is 11.0. The van der Waals surface area contributed by atoms with Crippen LogP contribution in [0.1, 0.15) is 54.9 Å². The lowest BCUT2D eigenvalue weighted by Crippen LogP contribution is -2.52. The average Bonchev–Trinajstić information content (AvgIpc) is 2.78. The second kappa shape index (κ2) is 9.31. The van der Waals surface area contributed by atoms with E-state index in [0.29, 0.717) is 68.1 Å². The molecular weight excluding hydrogens is 414 g/mol. The number of Topliss-reactive ketones (excluding diaryl/α,β-unsaturated/α-hetero) is 1. The van der Waals surface area contributed by atoms with E-state index in [9.17, 15) is 9.59 Å². The molecule has 0 radical (unpaired) electrons. The molecule has 1 saturated heterocycles. The number of amides is 1. The summed E-state index contributed by atoms with van der Waals surface area (Å²) >= 11 is 6.01. The summed E-state index contributed by atoms with van der Waals surface area (Å²) in [5, 5.41) is 0.536. The number of hydrogen-bond acceptors (Lipinski definition) is 4. The highest BCUT2D eigenvalue weighted by atomic mass is 35.5. The lowest BCUT2D eigenvalue weighted by molar-refractivity contribution is -0.135. The molecule has 1 fully saturated rings. The number of carbonyl (C=O) groups excluding carboxylic acids is 2. The van der Waals surface area contributed by atoms with Crippen LogP contribution in [-0.4, -0.2) is 41.9 Å². The Kier molecular flexibility index (Phi) is 6.51. The van der Waals surface area contributed by atoms with Gasteiger partial charge in [-0.1, -0.05) is 30.7 Å². The van der Waals surface area contributed by atoms with Gasteiger partial charge in [0.05, 0.1) is 18.6 Å². The summed E-state index contributed by atoms with van der Waals surface area (Å²) in [4.78, 5) is 27.1. The molecule has 2 heterocycles. The van der Waals surface area contributed by atoms with Crippen molar-refractivity contribution in [3.63, 3.8) is 0 Å². The van der Waals surface area contributed by atoms with E-state index >= 15 is 0 Å². The van der Waals surface area contributed by atoms with Crippen molar-refractivity contribution in [2.24, 2.45) is 0 Å². The second-order valence-electron chi connectivity index (χ2n) is 8.36. The van der Waals surface area contributed by atoms with E-state index in [0.717, 1.165) is 12.2 Å². The van der Waals surface area contributed by atoms with E-state index in [4.69, 9.17) is 21.1 Å². The number of benzene rings is 2. The first-order valence-corrected chi connectivity index (χ1v) is 11.4. The third-order valence-corrected chi connectivity index (χ3v) is 6.45. The van der Waals surface area contributed by atoms with Gasteiger partial charge >= 0.3 is 0 Å². The number of likely N-dealkylation sites (tertiary alicyclic amines) is 1. The van der Waals surface area contributed by atoms with Crippen LogP contribution < -0.4 is 9.47 Å². The topological polar surface area (TPSA) is 55.8 Å². The average molecular weight is 442 g/mol. The molecule has 0 unspecified atom stereocenters. The van der Waals surface area contributed by atoms with Crippen LogP contribution in [0.5, 0.6) is 11.5 Å². The number of nitrogens with zero attached hydrogens (tertiary/aromatic N) is 1. The monoisotopic (exact) mass is 441 g/mol. The Morgan fingerprint density at radius 1 is 1.16 bits per heavy atom. The minimum atomic E-state index is -0.511. The van der Waals surface area contributed by atoms with Crippen LogP contribution in [0.3, 0.4) is 0 Å². The summed E-state index contributed by atoms with van der Waals surface area (Å²) in [5.41, 5.74) is 1.32. The van der Waals surface area contributed by atoms with Crippen LogP contribution in [0, 0.1) is 0 Å². The molecule has 0 atom stereocenters. The zero-order chi connectivity index (χ0) is 21.8. The minimum absolute atomic E-state index is 0.0626. The third kappa shape index (κ3) is 5.04. The first-order chi connectivity index (χ1) is 15.0. The van der Waals surface area contributed by atoms with Crippen molar-refractivity contribution in [3.8, 4) is 11.5 Å². The van der Waals surface area contributed by atoms with Gasteiger partial charge in [-0.2, -0.15) is 0 Å². The highest BCUT2D eigenvalue weighted by Gasteiger charge is 2.43. The van der Waals surface area contributed by atoms with E-state index in [1.807, 2.05) is 17.0 Å². The molecule has 0 saturated carbocycles. The molecule has 5 nitrogen and oxygen atoms in total. The number of aryl methyl sites for hydroxylation is 1. The van der Waals surface area contributed by atoms with Crippen molar-refractivity contribution in [1.82, 2.24) is 4.90 Å². The quantitative estimate of drug-likeness (QED) is 0.586. The van der Waals surface area contributed by atoms with Gasteiger partial charge in [-0.3, -0.25) is 9.59 Å². The first kappa shape index (κ1) is 21.7. The summed E-state index contributed by atoms with van der Waals surface area (Å²) in [5.74, 6) is 1.64. The van der Waals surface area contributed by atoms with E-state index in [1.54, 1.807) is 18.2 Å². The van der Waals surface area contributed by atoms with E-state index in [2.05, 4.69) is 19.1 Å². The van der Waals surface area contributed by atoms with Gasteiger partial charge in [-0.25, -0.2) is 0 Å². The van der Waals surface area contributed by atoms with Gasteiger partial charge in [0.1, 0.15) is 17.1 Å². The van der Waals surface area contributed by atoms with Gasteiger partial charge in [0.15, 0.2) is 5.78 Å². The molecular formula is C25H28ClNO4. The van der Waals surface area contributed by atoms with Crippen LogP contribution in [0.25, 0.3) is 0 Å². The van der Waals surface area contributed by atoms with Crippen LogP contribution in [0.2, 0.25) is 5.02 Å². The van der Waals surface area contributed by atoms with Gasteiger partial charge < -0.3 is 14.4 Å². The van der Waals surface area contributed by atoms with Gasteiger partial charge in [-0.05, 0) is 48.7 Å². The molecule has 0 bridgehead atoms. The summed E-state index contributed by atoms with van der Waals surface area (Å²) in [6.45, 7) is 3.85. The fourth-order valence-electron chi connectivity index (χ4n) is 4.30. The number of rotatable bonds is 6. The lowest BCUT2D eigenvalue weighted by Gasteiger charge is -2.44. The molecule has 0 aromatic heterocycles. The highest BCUT2D eigenvalue weighted by Crippen LogP contribution is 2.40. The molecule has 2 aliphatic heterocycles. The maximum atomic E-state index is 12.6. The highest BCUT2D eigenvalue weighted by molar-refractivity contribution is 6.31. The zero-order valence-electron chi connectivity index (χ0n) is 17.9. The Hall–Kier alpha value is -2.53. The Labute approximate surface area is 188 Å². The predicted octanol–water partition coefficient (Wildman–Crippen LogP) is 5.09. The molecule has 4 rings (SSSR count). The second-order valence-corrected chi connectivity index (χ2v) is 8.79. The summed E-state index contributed by atoms with van der Waals surface area (Å²) in [6, 6.07) is 13.3. The molecule has 0 N–H and O–H groups in total. The largest absolute Gasteiger partial charge is 0.494 e. The Balaban J connectivity index is 1.23. The van der Waals surface area contributed by atoms with E-state index in [1.165, 1.54) is 5.56 Å². The van der Waals surface area contributed by atoms with E-state index in [-0.39, 0.29) is 11.7 Å². The molecule has 2 aliphatic rings. The van der Waals surface area contributed by atoms with Crippen LogP contribution >= 0.6 is 11.6 Å². The SMILES string of the molecule is CCc1ccc(OCCCC(=O)N2CCC3(CC2)CC(=O)c2cc(Cl)ccc2O3)cc1. The smallest absolute Gasteiger partial charge is 0.222 e. The van der Waals surface area contributed by atoms with Crippen LogP contribution in [-0.2, 0) is 11.2 Å². The van der Waals surface area contributed by atoms with Crippen molar-refractivity contribution in [2.75, 3.05) is 19.7 Å². The number of ketones is 1. The number of fused-ring (bicyclic) bond motifs is 1. The molecule has 1 spiro atoms. The minimum Gasteiger partial charge on any atom is -0.494 e. The molecule has 6 heteroatoms. The molecule has 0 aliphatic carbocycles. The third-order valence-electron chi connectivity index (χ3n) is 6.21. The number of halogens is 1. The molecule has 2 aromatic carbocycles. The Morgan fingerprint density at radius 3 is 2.61 bits per heavy atom. The number of carbonyl (C=O) groups is 2. The Bertz CT molecular complexity index is 948. The van der Waals surface area contributed by atoms with Crippen molar-refractivity contribution >= 4 is 23.3 Å². The zero-order valence-corrected chi connectivity index (χ0v) is 18.6. The number of ether oxygens (including phenoxy) is 2. The van der Waals surface area contributed by atoms with Gasteiger partial charge in [0, 0.05) is 37.4 Å². The van der Waals surface area contributed by atoms with Crippen molar-refractivity contribution in [3.05, 3.63) is 58.6 Å². The van der Waals surface area contributed by atoms with Crippen LogP contribution in [0.4, 0.5) is 0 Å². The maximum Gasteiger partial charge on any atom is 0.222 e. The maximum absolute atomic E-state index is 12.6. The lowest BCUT2D eigenvalue weighted by atomic mass is 9.82. The predicted molar refractivity (Wildman–Crippen MR) is 120 cm³/mol. The molecule has 164 valence electrons. The molecule has 1 amide bonds. The van der Waals surface area contributed by atoms with Gasteiger partial charge in [0.2, 0.25) is 5.91 Å². The normalized spacial score (nSPS) is 17.2. The standard InChI is InChI=1S/C25H28ClNO4/c1-2-18-5-8-20(9-6-18)30-15-3-4-24(29)27-13-11-25(12-14-27)17-22(28)21-16-19(26)7-10-23(21)31-25/h5-10,16H,2-4,11-15,17H2,1H3. The summed E-state index contributed by atoms with van der Waals surface area (Å²) < 4.78 is 12.0. The fourth-order valence-corrected chi connectivity index (χ4v) is 4.47.